The van der Waals surface area contributed by atoms with Crippen LogP contribution >= 0.6 is 0 Å². The van der Waals surface area contributed by atoms with Crippen molar-refractivity contribution in [1.29, 1.82) is 0 Å². The Morgan fingerprint density at radius 3 is 2.19 bits per heavy atom. The Kier molecular flexibility index (Phi) is 4.18. The van der Waals surface area contributed by atoms with E-state index in [2.05, 4.69) is 0 Å². The van der Waals surface area contributed by atoms with E-state index < -0.39 is 47.0 Å². The zero-order chi connectivity index (χ0) is 16.0. The maximum absolute atomic E-state index is 14.0. The highest BCUT2D eigenvalue weighted by Crippen LogP contribution is 2.39. The Balaban J connectivity index is 2.41. The average molecular weight is 316 g/mol. The zero-order valence-corrected chi connectivity index (χ0v) is 13.2. The fraction of sp³-hybridized carbons (Fsp3) is 0.615. The lowest BCUT2D eigenvalue weighted by molar-refractivity contribution is 0.00578. The standard InChI is InChI=1S/C13H18BFO5S/c1-12(2)13(3,4)20-14(19-12)8-5-10(15)9(7-16)11(6-8)21(17)18/h5-6,9,16H,7H2,1-4H3. The van der Waals surface area contributed by atoms with E-state index in [0.29, 0.717) is 0 Å². The second-order valence-corrected chi connectivity index (χ2v) is 7.07. The van der Waals surface area contributed by atoms with Crippen LogP contribution < -0.4 is 0 Å². The first-order valence-corrected chi connectivity index (χ1v) is 7.68. The summed E-state index contributed by atoms with van der Waals surface area (Å²) in [5.41, 5.74) is -0.920. The van der Waals surface area contributed by atoms with Crippen molar-refractivity contribution in [3.8, 4) is 0 Å². The SMILES string of the molecule is CC1(C)OB(C2=CC(=S(=O)=O)C(CO)C(F)=C2)OC1(C)C. The summed E-state index contributed by atoms with van der Waals surface area (Å²) in [5.74, 6) is -1.88. The van der Waals surface area contributed by atoms with Crippen LogP contribution in [0.25, 0.3) is 0 Å². The van der Waals surface area contributed by atoms with Gasteiger partial charge in [0.05, 0.1) is 28.6 Å². The lowest BCUT2D eigenvalue weighted by Crippen LogP contribution is -2.41. The Morgan fingerprint density at radius 1 is 1.24 bits per heavy atom. The summed E-state index contributed by atoms with van der Waals surface area (Å²) in [5, 5.41) is 9.13. The van der Waals surface area contributed by atoms with E-state index >= 15 is 0 Å². The Hall–Kier alpha value is -0.955. The number of hydrogen-bond donors (Lipinski definition) is 1. The highest BCUT2D eigenvalue weighted by atomic mass is 32.2. The Morgan fingerprint density at radius 2 is 1.76 bits per heavy atom. The Bertz CT molecular complexity index is 623. The van der Waals surface area contributed by atoms with Crippen LogP contribution in [-0.2, 0) is 19.6 Å². The lowest BCUT2D eigenvalue weighted by Gasteiger charge is -2.32. The van der Waals surface area contributed by atoms with Gasteiger partial charge in [-0.1, -0.05) is 0 Å². The summed E-state index contributed by atoms with van der Waals surface area (Å²) in [6.45, 7) is 6.79. The van der Waals surface area contributed by atoms with Crippen LogP contribution in [0.3, 0.4) is 0 Å². The van der Waals surface area contributed by atoms with E-state index in [-0.39, 0.29) is 10.3 Å². The molecule has 0 radical (unpaired) electrons. The summed E-state index contributed by atoms with van der Waals surface area (Å²) in [7, 11) is -3.47. The number of hydrogen-bond acceptors (Lipinski definition) is 5. The van der Waals surface area contributed by atoms with Gasteiger partial charge >= 0.3 is 7.12 Å². The normalized spacial score (nSPS) is 27.4. The second-order valence-electron chi connectivity index (χ2n) is 6.13. The van der Waals surface area contributed by atoms with E-state index in [4.69, 9.17) is 14.4 Å². The molecule has 2 rings (SSSR count). The van der Waals surface area contributed by atoms with Gasteiger partial charge in [-0.25, -0.2) is 4.39 Å². The zero-order valence-electron chi connectivity index (χ0n) is 12.4. The van der Waals surface area contributed by atoms with Gasteiger partial charge in [0, 0.05) is 0 Å². The number of allylic oxidation sites excluding steroid dienone is 3. The highest BCUT2D eigenvalue weighted by molar-refractivity contribution is 7.73. The number of rotatable bonds is 2. The van der Waals surface area contributed by atoms with Gasteiger partial charge in [-0.3, -0.25) is 0 Å². The molecule has 1 heterocycles. The van der Waals surface area contributed by atoms with E-state index in [0.717, 1.165) is 0 Å². The summed E-state index contributed by atoms with van der Waals surface area (Å²) >= 11 is 0. The molecule has 0 aromatic heterocycles. The molecule has 1 fully saturated rings. The molecule has 8 heteroatoms. The van der Waals surface area contributed by atoms with Gasteiger partial charge in [0.1, 0.15) is 5.83 Å². The van der Waals surface area contributed by atoms with Crippen LogP contribution in [0.5, 0.6) is 0 Å². The third kappa shape index (κ3) is 2.85. The molecular weight excluding hydrogens is 298 g/mol. The molecule has 1 aliphatic heterocycles. The first kappa shape index (κ1) is 16.4. The second kappa shape index (κ2) is 5.35. The monoisotopic (exact) mass is 316 g/mol. The molecule has 2 aliphatic rings. The molecule has 1 unspecified atom stereocenters. The quantitative estimate of drug-likeness (QED) is 0.609. The van der Waals surface area contributed by atoms with E-state index in [1.807, 2.05) is 27.7 Å². The highest BCUT2D eigenvalue weighted by Gasteiger charge is 2.52. The molecule has 0 amide bonds. The van der Waals surface area contributed by atoms with Gasteiger partial charge in [-0.15, -0.1) is 0 Å². The summed E-state index contributed by atoms with van der Waals surface area (Å²) in [6, 6.07) is 0. The van der Waals surface area contributed by atoms with Crippen LogP contribution in [0, 0.1) is 5.92 Å². The van der Waals surface area contributed by atoms with Crippen molar-refractivity contribution in [2.45, 2.75) is 38.9 Å². The third-order valence-corrected chi connectivity index (χ3v) is 4.98. The fourth-order valence-corrected chi connectivity index (χ4v) is 2.81. The average Bonchev–Trinajstić information content (AvgIpc) is 2.57. The molecular formula is C13H18BFO5S. The molecule has 1 atom stereocenters. The molecule has 21 heavy (non-hydrogen) atoms. The van der Waals surface area contributed by atoms with E-state index in [9.17, 15) is 12.8 Å². The number of aliphatic hydroxyl groups is 1. The van der Waals surface area contributed by atoms with Crippen molar-refractivity contribution in [2.24, 2.45) is 5.92 Å². The molecule has 1 aliphatic carbocycles. The van der Waals surface area contributed by atoms with E-state index in [1.165, 1.54) is 12.2 Å². The Labute approximate surface area is 125 Å². The van der Waals surface area contributed by atoms with Crippen LogP contribution in [0.4, 0.5) is 4.39 Å². The van der Waals surface area contributed by atoms with Crippen molar-refractivity contribution in [3.05, 3.63) is 23.5 Å². The molecule has 5 nitrogen and oxygen atoms in total. The maximum atomic E-state index is 14.0. The molecule has 0 aromatic carbocycles. The molecule has 0 saturated carbocycles. The topological polar surface area (TPSA) is 72.8 Å². The van der Waals surface area contributed by atoms with Gasteiger partial charge < -0.3 is 14.4 Å². The van der Waals surface area contributed by atoms with Crippen molar-refractivity contribution >= 4 is 22.3 Å². The van der Waals surface area contributed by atoms with Crippen molar-refractivity contribution in [3.63, 3.8) is 0 Å². The van der Waals surface area contributed by atoms with Crippen LogP contribution in [-0.4, -0.2) is 43.3 Å². The predicted molar refractivity (Wildman–Crippen MR) is 77.9 cm³/mol. The fourth-order valence-electron chi connectivity index (χ4n) is 2.16. The minimum absolute atomic E-state index is 0.206. The molecule has 1 saturated heterocycles. The van der Waals surface area contributed by atoms with Crippen LogP contribution in [0.1, 0.15) is 27.7 Å². The first-order valence-electron chi connectivity index (χ1n) is 6.60. The molecule has 116 valence electrons. The van der Waals surface area contributed by atoms with Crippen molar-refractivity contribution < 1.29 is 27.2 Å². The van der Waals surface area contributed by atoms with Crippen LogP contribution in [0.15, 0.2) is 23.5 Å². The van der Waals surface area contributed by atoms with Crippen LogP contribution in [0.2, 0.25) is 0 Å². The molecule has 0 bridgehead atoms. The molecule has 1 N–H and O–H groups in total. The van der Waals surface area contributed by atoms with Gasteiger partial charge in [-0.05, 0) is 45.3 Å². The molecule has 0 spiro atoms. The number of aliphatic hydroxyl groups excluding tert-OH is 1. The largest absolute Gasteiger partial charge is 0.494 e. The lowest BCUT2D eigenvalue weighted by atomic mass is 9.74. The van der Waals surface area contributed by atoms with Gasteiger partial charge in [0.25, 0.3) is 0 Å². The van der Waals surface area contributed by atoms with Gasteiger partial charge in [0.15, 0.2) is 0 Å². The van der Waals surface area contributed by atoms with Crippen molar-refractivity contribution in [2.75, 3.05) is 6.61 Å². The maximum Gasteiger partial charge on any atom is 0.494 e. The smallest absolute Gasteiger partial charge is 0.399 e. The van der Waals surface area contributed by atoms with Gasteiger partial charge in [-0.2, -0.15) is 8.42 Å². The minimum Gasteiger partial charge on any atom is -0.399 e. The summed E-state index contributed by atoms with van der Waals surface area (Å²) in [4.78, 5) is -0.206. The predicted octanol–water partition coefficient (Wildman–Crippen LogP) is 1.07. The van der Waals surface area contributed by atoms with Gasteiger partial charge in [0.2, 0.25) is 10.3 Å². The van der Waals surface area contributed by atoms with E-state index in [1.54, 1.807) is 0 Å². The van der Waals surface area contributed by atoms with Crippen molar-refractivity contribution in [1.82, 2.24) is 0 Å². The first-order chi connectivity index (χ1) is 9.59. The minimum atomic E-state index is -2.62. The summed E-state index contributed by atoms with van der Waals surface area (Å²) < 4.78 is 48.0. The summed E-state index contributed by atoms with van der Waals surface area (Å²) in [6.07, 6.45) is 2.47. The third-order valence-electron chi connectivity index (χ3n) is 4.19. The number of halogens is 1. The molecule has 0 aromatic rings.